The van der Waals surface area contributed by atoms with Gasteiger partial charge in [-0.2, -0.15) is 0 Å². The van der Waals surface area contributed by atoms with Crippen LogP contribution in [0.25, 0.3) is 0 Å². The Kier molecular flexibility index (Phi) is 5.62. The van der Waals surface area contributed by atoms with E-state index in [4.69, 9.17) is 4.74 Å². The first-order valence-electron chi connectivity index (χ1n) is 7.73. The molecule has 1 heterocycles. The van der Waals surface area contributed by atoms with Crippen molar-refractivity contribution >= 4 is 11.6 Å². The zero-order valence-corrected chi connectivity index (χ0v) is 13.3. The standard InChI is InChI=1S/C17H26N2O2/c1-13(14-6-5-9-18-12-14)10-17(20)19(2)15-7-4-8-16(11-15)21-3/h4,7-8,11,13-14,18H,5-6,9-10,12H2,1-3H3. The maximum atomic E-state index is 12.5. The van der Waals surface area contributed by atoms with Gasteiger partial charge in [0, 0.05) is 25.2 Å². The predicted octanol–water partition coefficient (Wildman–Crippen LogP) is 2.68. The van der Waals surface area contributed by atoms with Crippen LogP contribution in [0.4, 0.5) is 5.69 Å². The lowest BCUT2D eigenvalue weighted by molar-refractivity contribution is -0.119. The highest BCUT2D eigenvalue weighted by Gasteiger charge is 2.23. The molecule has 1 aromatic rings. The van der Waals surface area contributed by atoms with Crippen molar-refractivity contribution in [1.82, 2.24) is 5.32 Å². The van der Waals surface area contributed by atoms with Crippen LogP contribution in [0.3, 0.4) is 0 Å². The van der Waals surface area contributed by atoms with Crippen molar-refractivity contribution in [2.45, 2.75) is 26.2 Å². The molecule has 0 saturated carbocycles. The minimum Gasteiger partial charge on any atom is -0.497 e. The number of ether oxygens (including phenoxy) is 1. The van der Waals surface area contributed by atoms with Crippen molar-refractivity contribution in [2.75, 3.05) is 32.1 Å². The summed E-state index contributed by atoms with van der Waals surface area (Å²) in [5, 5.41) is 3.42. The molecule has 4 heteroatoms. The molecule has 0 radical (unpaired) electrons. The summed E-state index contributed by atoms with van der Waals surface area (Å²) in [6.45, 7) is 4.34. The Morgan fingerprint density at radius 3 is 3.00 bits per heavy atom. The Balaban J connectivity index is 1.94. The van der Waals surface area contributed by atoms with E-state index in [1.165, 1.54) is 12.8 Å². The molecule has 2 atom stereocenters. The van der Waals surface area contributed by atoms with Crippen LogP contribution in [-0.2, 0) is 4.79 Å². The van der Waals surface area contributed by atoms with E-state index in [2.05, 4.69) is 12.2 Å². The molecular formula is C17H26N2O2. The lowest BCUT2D eigenvalue weighted by Crippen LogP contribution is -2.36. The molecule has 0 spiro atoms. The molecule has 1 N–H and O–H groups in total. The Morgan fingerprint density at radius 1 is 1.52 bits per heavy atom. The van der Waals surface area contributed by atoms with Crippen molar-refractivity contribution in [3.63, 3.8) is 0 Å². The number of anilines is 1. The Hall–Kier alpha value is -1.55. The second-order valence-electron chi connectivity index (χ2n) is 5.94. The van der Waals surface area contributed by atoms with E-state index < -0.39 is 0 Å². The van der Waals surface area contributed by atoms with Crippen LogP contribution >= 0.6 is 0 Å². The van der Waals surface area contributed by atoms with Gasteiger partial charge < -0.3 is 15.0 Å². The molecule has 4 nitrogen and oxygen atoms in total. The molecular weight excluding hydrogens is 264 g/mol. The van der Waals surface area contributed by atoms with Gasteiger partial charge in [-0.25, -0.2) is 0 Å². The van der Waals surface area contributed by atoms with Gasteiger partial charge in [-0.3, -0.25) is 4.79 Å². The molecule has 1 fully saturated rings. The number of rotatable bonds is 5. The maximum absolute atomic E-state index is 12.5. The number of nitrogens with zero attached hydrogens (tertiary/aromatic N) is 1. The summed E-state index contributed by atoms with van der Waals surface area (Å²) in [5.74, 6) is 1.97. The minimum absolute atomic E-state index is 0.168. The molecule has 21 heavy (non-hydrogen) atoms. The Labute approximate surface area is 127 Å². The molecule has 1 aromatic carbocycles. The van der Waals surface area contributed by atoms with Gasteiger partial charge >= 0.3 is 0 Å². The topological polar surface area (TPSA) is 41.6 Å². The summed E-state index contributed by atoms with van der Waals surface area (Å²) in [4.78, 5) is 14.2. The van der Waals surface area contributed by atoms with Crippen molar-refractivity contribution in [3.8, 4) is 5.75 Å². The number of hydrogen-bond acceptors (Lipinski definition) is 3. The monoisotopic (exact) mass is 290 g/mol. The van der Waals surface area contributed by atoms with E-state index in [1.54, 1.807) is 12.0 Å². The van der Waals surface area contributed by atoms with E-state index >= 15 is 0 Å². The Bertz CT molecular complexity index is 470. The Morgan fingerprint density at radius 2 is 2.33 bits per heavy atom. The molecule has 1 aliphatic rings. The fraction of sp³-hybridized carbons (Fsp3) is 0.588. The largest absolute Gasteiger partial charge is 0.497 e. The van der Waals surface area contributed by atoms with Crippen molar-refractivity contribution in [2.24, 2.45) is 11.8 Å². The predicted molar refractivity (Wildman–Crippen MR) is 85.8 cm³/mol. The number of piperidine rings is 1. The molecule has 0 bridgehead atoms. The van der Waals surface area contributed by atoms with Gasteiger partial charge in [0.05, 0.1) is 7.11 Å². The number of carbonyl (C=O) groups is 1. The van der Waals surface area contributed by atoms with Gasteiger partial charge in [-0.15, -0.1) is 0 Å². The smallest absolute Gasteiger partial charge is 0.226 e. The number of amides is 1. The summed E-state index contributed by atoms with van der Waals surface area (Å²) >= 11 is 0. The molecule has 116 valence electrons. The van der Waals surface area contributed by atoms with E-state index in [9.17, 15) is 4.79 Å². The fourth-order valence-corrected chi connectivity index (χ4v) is 2.91. The second-order valence-corrected chi connectivity index (χ2v) is 5.94. The third-order valence-electron chi connectivity index (χ3n) is 4.45. The zero-order chi connectivity index (χ0) is 15.2. The van der Waals surface area contributed by atoms with Crippen LogP contribution < -0.4 is 15.0 Å². The highest BCUT2D eigenvalue weighted by molar-refractivity contribution is 5.93. The fourth-order valence-electron chi connectivity index (χ4n) is 2.91. The zero-order valence-electron chi connectivity index (χ0n) is 13.3. The van der Waals surface area contributed by atoms with E-state index in [-0.39, 0.29) is 5.91 Å². The highest BCUT2D eigenvalue weighted by atomic mass is 16.5. The average molecular weight is 290 g/mol. The maximum Gasteiger partial charge on any atom is 0.226 e. The van der Waals surface area contributed by atoms with Gasteiger partial charge in [0.2, 0.25) is 5.91 Å². The third-order valence-corrected chi connectivity index (χ3v) is 4.45. The number of hydrogen-bond donors (Lipinski definition) is 1. The molecule has 1 saturated heterocycles. The normalized spacial score (nSPS) is 19.9. The molecule has 2 unspecified atom stereocenters. The first kappa shape index (κ1) is 15.8. The van der Waals surface area contributed by atoms with E-state index in [0.717, 1.165) is 24.5 Å². The van der Waals surface area contributed by atoms with Crippen molar-refractivity contribution < 1.29 is 9.53 Å². The summed E-state index contributed by atoms with van der Waals surface area (Å²) in [7, 11) is 3.47. The first-order valence-corrected chi connectivity index (χ1v) is 7.73. The van der Waals surface area contributed by atoms with Crippen LogP contribution in [-0.4, -0.2) is 33.2 Å². The van der Waals surface area contributed by atoms with Gasteiger partial charge in [-0.1, -0.05) is 13.0 Å². The first-order chi connectivity index (χ1) is 10.1. The molecule has 0 aromatic heterocycles. The SMILES string of the molecule is COc1cccc(N(C)C(=O)CC(C)C2CCCNC2)c1. The molecule has 0 aliphatic carbocycles. The van der Waals surface area contributed by atoms with Gasteiger partial charge in [0.1, 0.15) is 5.75 Å². The van der Waals surface area contributed by atoms with Crippen LogP contribution in [0.2, 0.25) is 0 Å². The number of methoxy groups -OCH3 is 1. The summed E-state index contributed by atoms with van der Waals surface area (Å²) in [6, 6.07) is 7.63. The van der Waals surface area contributed by atoms with Gasteiger partial charge in [-0.05, 0) is 49.9 Å². The summed E-state index contributed by atoms with van der Waals surface area (Å²) < 4.78 is 5.21. The molecule has 2 rings (SSSR count). The quantitative estimate of drug-likeness (QED) is 0.906. The lowest BCUT2D eigenvalue weighted by atomic mass is 9.85. The van der Waals surface area contributed by atoms with Crippen LogP contribution in [0.15, 0.2) is 24.3 Å². The minimum atomic E-state index is 0.168. The number of carbonyl (C=O) groups excluding carboxylic acids is 1. The van der Waals surface area contributed by atoms with Crippen LogP contribution in [0, 0.1) is 11.8 Å². The average Bonchev–Trinajstić information content (AvgIpc) is 2.54. The second kappa shape index (κ2) is 7.46. The highest BCUT2D eigenvalue weighted by Crippen LogP contribution is 2.25. The lowest BCUT2D eigenvalue weighted by Gasteiger charge is -2.29. The number of nitrogens with one attached hydrogen (secondary N) is 1. The summed E-state index contributed by atoms with van der Waals surface area (Å²) in [5.41, 5.74) is 0.883. The van der Waals surface area contributed by atoms with Crippen molar-refractivity contribution in [1.29, 1.82) is 0 Å². The van der Waals surface area contributed by atoms with Gasteiger partial charge in [0.25, 0.3) is 0 Å². The van der Waals surface area contributed by atoms with Gasteiger partial charge in [0.15, 0.2) is 0 Å². The molecule has 1 amide bonds. The van der Waals surface area contributed by atoms with Crippen LogP contribution in [0.5, 0.6) is 5.75 Å². The summed E-state index contributed by atoms with van der Waals surface area (Å²) in [6.07, 6.45) is 3.04. The third kappa shape index (κ3) is 4.21. The number of benzene rings is 1. The van der Waals surface area contributed by atoms with E-state index in [1.807, 2.05) is 31.3 Å². The van der Waals surface area contributed by atoms with E-state index in [0.29, 0.717) is 18.3 Å². The van der Waals surface area contributed by atoms with Crippen LogP contribution in [0.1, 0.15) is 26.2 Å². The molecule has 1 aliphatic heterocycles. The van der Waals surface area contributed by atoms with Crippen molar-refractivity contribution in [3.05, 3.63) is 24.3 Å².